The maximum absolute atomic E-state index is 12.7. The number of thiophene rings is 1. The Morgan fingerprint density at radius 2 is 1.81 bits per heavy atom. The molecule has 2 aliphatic rings. The van der Waals surface area contributed by atoms with E-state index in [-0.39, 0.29) is 0 Å². The zero-order chi connectivity index (χ0) is 22.5. The number of fused-ring (bicyclic) bond motifs is 3. The maximum atomic E-state index is 12.7. The number of hydrogen-bond acceptors (Lipinski definition) is 5. The van der Waals surface area contributed by atoms with E-state index in [9.17, 15) is 4.79 Å². The lowest BCUT2D eigenvalue weighted by Crippen LogP contribution is -2.49. The number of nitrogens with zero attached hydrogens (tertiary/aromatic N) is 4. The first-order valence-corrected chi connectivity index (χ1v) is 13.8. The number of carbonyl (C=O) groups excluding carboxylic acids is 1. The molecule has 0 saturated carbocycles. The highest BCUT2D eigenvalue weighted by Crippen LogP contribution is 2.41. The van der Waals surface area contributed by atoms with E-state index in [0.717, 1.165) is 75.8 Å². The number of hydrogen-bond donors (Lipinski definition) is 0. The molecule has 32 heavy (non-hydrogen) atoms. The van der Waals surface area contributed by atoms with Crippen molar-refractivity contribution < 1.29 is 4.79 Å². The van der Waals surface area contributed by atoms with Crippen LogP contribution in [0, 0.1) is 5.92 Å². The van der Waals surface area contributed by atoms with Crippen LogP contribution in [0.3, 0.4) is 0 Å². The van der Waals surface area contributed by atoms with Gasteiger partial charge in [0.25, 0.3) is 0 Å². The molecule has 0 unspecified atom stereocenters. The van der Waals surface area contributed by atoms with Crippen molar-refractivity contribution in [2.24, 2.45) is 5.92 Å². The van der Waals surface area contributed by atoms with Crippen molar-refractivity contribution in [2.45, 2.75) is 91.4 Å². The molecule has 0 radical (unpaired) electrons. The van der Waals surface area contributed by atoms with Gasteiger partial charge in [0.1, 0.15) is 16.5 Å². The summed E-state index contributed by atoms with van der Waals surface area (Å²) in [5, 5.41) is 1.32. The van der Waals surface area contributed by atoms with Gasteiger partial charge in [0.15, 0.2) is 0 Å². The molecule has 6 heteroatoms. The number of amides is 1. The van der Waals surface area contributed by atoms with E-state index in [1.165, 1.54) is 52.8 Å². The molecule has 2 aromatic heterocycles. The van der Waals surface area contributed by atoms with E-state index < -0.39 is 0 Å². The Hall–Kier alpha value is -1.69. The van der Waals surface area contributed by atoms with Crippen LogP contribution in [-0.4, -0.2) is 47.0 Å². The van der Waals surface area contributed by atoms with E-state index in [0.29, 0.717) is 12.3 Å². The smallest absolute Gasteiger partial charge is 0.222 e. The van der Waals surface area contributed by atoms with Gasteiger partial charge in [0.2, 0.25) is 5.91 Å². The lowest BCUT2D eigenvalue weighted by atomic mass is 9.89. The van der Waals surface area contributed by atoms with E-state index in [1.807, 2.05) is 11.3 Å². The van der Waals surface area contributed by atoms with Gasteiger partial charge in [-0.05, 0) is 43.6 Å². The molecule has 1 atom stereocenters. The summed E-state index contributed by atoms with van der Waals surface area (Å²) in [5.41, 5.74) is 1.51. The quantitative estimate of drug-likeness (QED) is 0.449. The summed E-state index contributed by atoms with van der Waals surface area (Å²) in [5.74, 6) is 3.23. The summed E-state index contributed by atoms with van der Waals surface area (Å²) in [4.78, 5) is 30.0. The first kappa shape index (κ1) is 23.5. The standard InChI is InChI=1S/C26H40N4OS/c1-4-6-8-9-11-23(31)29-14-16-30(17-15-29)25-24-20-13-12-19(3)18-21(20)32-26(24)28-22(27-25)10-7-5-2/h19H,4-18H2,1-3H3/t19-/m1/s1. The number of rotatable bonds is 9. The molecular formula is C26H40N4OS. The number of piperazine rings is 1. The summed E-state index contributed by atoms with van der Waals surface area (Å²) in [7, 11) is 0. The number of anilines is 1. The first-order valence-electron chi connectivity index (χ1n) is 12.9. The second-order valence-electron chi connectivity index (χ2n) is 9.78. The average molecular weight is 457 g/mol. The lowest BCUT2D eigenvalue weighted by molar-refractivity contribution is -0.131. The summed E-state index contributed by atoms with van der Waals surface area (Å²) >= 11 is 1.91. The van der Waals surface area contributed by atoms with E-state index in [2.05, 4.69) is 30.6 Å². The Morgan fingerprint density at radius 3 is 2.56 bits per heavy atom. The highest BCUT2D eigenvalue weighted by Gasteiger charge is 2.28. The van der Waals surface area contributed by atoms with E-state index in [4.69, 9.17) is 9.97 Å². The van der Waals surface area contributed by atoms with Crippen molar-refractivity contribution in [2.75, 3.05) is 31.1 Å². The summed E-state index contributed by atoms with van der Waals surface area (Å²) < 4.78 is 0. The van der Waals surface area contributed by atoms with Gasteiger partial charge in [0, 0.05) is 43.9 Å². The number of unbranched alkanes of at least 4 members (excludes halogenated alkanes) is 4. The van der Waals surface area contributed by atoms with Crippen LogP contribution in [0.15, 0.2) is 0 Å². The van der Waals surface area contributed by atoms with Crippen LogP contribution in [0.4, 0.5) is 5.82 Å². The molecule has 0 bridgehead atoms. The third-order valence-corrected chi connectivity index (χ3v) is 8.26. The maximum Gasteiger partial charge on any atom is 0.222 e. The van der Waals surface area contributed by atoms with Gasteiger partial charge >= 0.3 is 0 Å². The zero-order valence-electron chi connectivity index (χ0n) is 20.3. The molecule has 1 saturated heterocycles. The first-order chi connectivity index (χ1) is 15.6. The third kappa shape index (κ3) is 5.27. The Bertz CT molecular complexity index is 916. The van der Waals surface area contributed by atoms with Crippen LogP contribution in [0.2, 0.25) is 0 Å². The molecule has 4 rings (SSSR count). The van der Waals surface area contributed by atoms with Gasteiger partial charge in [-0.2, -0.15) is 0 Å². The third-order valence-electron chi connectivity index (χ3n) is 7.11. The summed E-state index contributed by atoms with van der Waals surface area (Å²) in [6.07, 6.45) is 12.2. The second-order valence-corrected chi connectivity index (χ2v) is 10.9. The fraction of sp³-hybridized carbons (Fsp3) is 0.731. The molecule has 5 nitrogen and oxygen atoms in total. The van der Waals surface area contributed by atoms with E-state index in [1.54, 1.807) is 0 Å². The second kappa shape index (κ2) is 11.0. The Morgan fingerprint density at radius 1 is 1.03 bits per heavy atom. The minimum Gasteiger partial charge on any atom is -0.352 e. The molecule has 1 amide bonds. The Balaban J connectivity index is 1.52. The molecule has 1 aliphatic heterocycles. The molecule has 1 fully saturated rings. The van der Waals surface area contributed by atoms with Crippen molar-refractivity contribution in [3.05, 3.63) is 16.3 Å². The van der Waals surface area contributed by atoms with Crippen LogP contribution >= 0.6 is 11.3 Å². The highest BCUT2D eigenvalue weighted by molar-refractivity contribution is 7.19. The molecular weight excluding hydrogens is 416 g/mol. The predicted octanol–water partition coefficient (Wildman–Crippen LogP) is 5.78. The number of carbonyl (C=O) groups is 1. The normalized spacial score (nSPS) is 18.9. The topological polar surface area (TPSA) is 49.3 Å². The minimum absolute atomic E-state index is 0.333. The molecule has 0 aromatic carbocycles. The minimum atomic E-state index is 0.333. The van der Waals surface area contributed by atoms with E-state index >= 15 is 0 Å². The van der Waals surface area contributed by atoms with Gasteiger partial charge < -0.3 is 9.80 Å². The largest absolute Gasteiger partial charge is 0.352 e. The average Bonchev–Trinajstić information content (AvgIpc) is 3.17. The van der Waals surface area contributed by atoms with Crippen LogP contribution in [0.5, 0.6) is 0 Å². The number of aryl methyl sites for hydroxylation is 2. The molecule has 0 spiro atoms. The SMILES string of the molecule is CCCCCCC(=O)N1CCN(c2nc(CCCC)nc3sc4c(c23)CC[C@@H](C)C4)CC1. The molecule has 0 N–H and O–H groups in total. The Labute approximate surface area is 197 Å². The van der Waals surface area contributed by atoms with Gasteiger partial charge in [-0.25, -0.2) is 9.97 Å². The van der Waals surface area contributed by atoms with Crippen molar-refractivity contribution in [1.29, 1.82) is 0 Å². The van der Waals surface area contributed by atoms with Crippen molar-refractivity contribution in [1.82, 2.24) is 14.9 Å². The molecule has 3 heterocycles. The molecule has 2 aromatic rings. The van der Waals surface area contributed by atoms with Crippen LogP contribution < -0.4 is 4.90 Å². The van der Waals surface area contributed by atoms with Crippen LogP contribution in [0.25, 0.3) is 10.2 Å². The van der Waals surface area contributed by atoms with Crippen LogP contribution in [0.1, 0.15) is 88.4 Å². The van der Waals surface area contributed by atoms with Crippen molar-refractivity contribution >= 4 is 33.3 Å². The van der Waals surface area contributed by atoms with Gasteiger partial charge in [-0.1, -0.05) is 46.5 Å². The van der Waals surface area contributed by atoms with Crippen LogP contribution in [-0.2, 0) is 24.1 Å². The lowest BCUT2D eigenvalue weighted by Gasteiger charge is -2.36. The highest BCUT2D eigenvalue weighted by atomic mass is 32.1. The predicted molar refractivity (Wildman–Crippen MR) is 135 cm³/mol. The summed E-state index contributed by atoms with van der Waals surface area (Å²) in [6.45, 7) is 10.2. The zero-order valence-corrected chi connectivity index (χ0v) is 21.1. The van der Waals surface area contributed by atoms with Gasteiger partial charge in [-0.3, -0.25) is 4.79 Å². The fourth-order valence-electron chi connectivity index (χ4n) is 5.07. The van der Waals surface area contributed by atoms with Crippen molar-refractivity contribution in [3.8, 4) is 0 Å². The fourth-order valence-corrected chi connectivity index (χ4v) is 6.47. The van der Waals surface area contributed by atoms with Gasteiger partial charge in [0.05, 0.1) is 5.39 Å². The Kier molecular flexibility index (Phi) is 8.03. The monoisotopic (exact) mass is 456 g/mol. The molecule has 1 aliphatic carbocycles. The number of aromatic nitrogens is 2. The van der Waals surface area contributed by atoms with Gasteiger partial charge in [-0.15, -0.1) is 11.3 Å². The van der Waals surface area contributed by atoms with Crippen molar-refractivity contribution in [3.63, 3.8) is 0 Å². The summed E-state index contributed by atoms with van der Waals surface area (Å²) in [6, 6.07) is 0. The molecule has 176 valence electrons.